The van der Waals surface area contributed by atoms with Crippen molar-refractivity contribution in [3.8, 4) is 0 Å². The second kappa shape index (κ2) is 5.69. The quantitative estimate of drug-likeness (QED) is 0.681. The lowest BCUT2D eigenvalue weighted by Gasteiger charge is -2.10. The Hall–Kier alpha value is -1.14. The number of hydrogen-bond acceptors (Lipinski definition) is 4. The van der Waals surface area contributed by atoms with E-state index in [1.165, 1.54) is 0 Å². The molecular weight excluding hydrogens is 292 g/mol. The first-order valence-electron chi connectivity index (χ1n) is 6.49. The molecule has 0 spiro atoms. The highest BCUT2D eigenvalue weighted by Crippen LogP contribution is 2.30. The van der Waals surface area contributed by atoms with Crippen molar-refractivity contribution in [1.29, 1.82) is 0 Å². The summed E-state index contributed by atoms with van der Waals surface area (Å²) in [7, 11) is -3.03. The van der Waals surface area contributed by atoms with Crippen LogP contribution in [-0.4, -0.2) is 30.2 Å². The topological polar surface area (TPSA) is 65.1 Å². The smallest absolute Gasteiger partial charge is 0.154 e. The van der Waals surface area contributed by atoms with Gasteiger partial charge in [0.2, 0.25) is 0 Å². The Bertz CT molecular complexity index is 718. The Morgan fingerprint density at radius 3 is 2.65 bits per heavy atom. The van der Waals surface area contributed by atoms with Gasteiger partial charge >= 0.3 is 0 Å². The van der Waals surface area contributed by atoms with E-state index in [4.69, 9.17) is 5.73 Å². The third kappa shape index (κ3) is 2.96. The Morgan fingerprint density at radius 1 is 1.35 bits per heavy atom. The van der Waals surface area contributed by atoms with E-state index in [0.29, 0.717) is 12.2 Å². The van der Waals surface area contributed by atoms with Crippen LogP contribution in [0.5, 0.6) is 0 Å². The Morgan fingerprint density at radius 2 is 2.05 bits per heavy atom. The molecule has 4 nitrogen and oxygen atoms in total. The molecule has 1 aromatic carbocycles. The standard InChI is InChI=1S/C14H20N2O2S2/c1-10(2)20(17,18)7-6-16-5-4-12-13(16)8-11(15)9-14(12)19-3/h4-5,8-10H,6-7,15H2,1-3H3. The number of aryl methyl sites for hydroxylation is 1. The van der Waals surface area contributed by atoms with E-state index < -0.39 is 9.84 Å². The van der Waals surface area contributed by atoms with Crippen LogP contribution in [0.2, 0.25) is 0 Å². The monoisotopic (exact) mass is 312 g/mol. The zero-order chi connectivity index (χ0) is 14.9. The largest absolute Gasteiger partial charge is 0.399 e. The molecule has 0 saturated heterocycles. The van der Waals surface area contributed by atoms with Crippen LogP contribution in [-0.2, 0) is 16.4 Å². The van der Waals surface area contributed by atoms with Crippen LogP contribution >= 0.6 is 11.8 Å². The first kappa shape index (κ1) is 15.3. The molecular formula is C14H20N2O2S2. The van der Waals surface area contributed by atoms with Crippen LogP contribution in [0.1, 0.15) is 13.8 Å². The number of benzene rings is 1. The number of nitrogen functional groups attached to an aromatic ring is 1. The number of fused-ring (bicyclic) bond motifs is 1. The first-order chi connectivity index (χ1) is 9.35. The number of thioether (sulfide) groups is 1. The van der Waals surface area contributed by atoms with Crippen LogP contribution < -0.4 is 5.73 Å². The molecule has 0 unspecified atom stereocenters. The molecule has 1 aromatic heterocycles. The molecule has 0 bridgehead atoms. The lowest BCUT2D eigenvalue weighted by atomic mass is 10.2. The maximum atomic E-state index is 11.9. The van der Waals surface area contributed by atoms with Gasteiger partial charge in [-0.2, -0.15) is 0 Å². The van der Waals surface area contributed by atoms with Gasteiger partial charge in [-0.3, -0.25) is 0 Å². The van der Waals surface area contributed by atoms with Crippen molar-refractivity contribution < 1.29 is 8.42 Å². The van der Waals surface area contributed by atoms with Crippen molar-refractivity contribution in [2.75, 3.05) is 17.7 Å². The molecule has 0 atom stereocenters. The third-order valence-corrected chi connectivity index (χ3v) is 6.39. The zero-order valence-corrected chi connectivity index (χ0v) is 13.6. The number of rotatable bonds is 5. The van der Waals surface area contributed by atoms with Crippen molar-refractivity contribution in [3.05, 3.63) is 24.4 Å². The Kier molecular flexibility index (Phi) is 4.34. The van der Waals surface area contributed by atoms with Gasteiger partial charge in [0.25, 0.3) is 0 Å². The summed E-state index contributed by atoms with van der Waals surface area (Å²) in [5, 5.41) is 0.782. The minimum absolute atomic E-state index is 0.151. The van der Waals surface area contributed by atoms with Crippen LogP contribution in [0, 0.1) is 0 Å². The average Bonchev–Trinajstić information content (AvgIpc) is 2.78. The molecule has 0 aliphatic carbocycles. The van der Waals surface area contributed by atoms with Gasteiger partial charge in [-0.15, -0.1) is 11.8 Å². The number of nitrogens with two attached hydrogens (primary N) is 1. The normalized spacial score (nSPS) is 12.4. The van der Waals surface area contributed by atoms with Gasteiger partial charge in [-0.25, -0.2) is 8.42 Å². The van der Waals surface area contributed by atoms with Gasteiger partial charge in [0, 0.05) is 28.7 Å². The van der Waals surface area contributed by atoms with Gasteiger partial charge in [-0.05, 0) is 38.3 Å². The zero-order valence-electron chi connectivity index (χ0n) is 12.0. The summed E-state index contributed by atoms with van der Waals surface area (Å²) in [6.07, 6.45) is 3.94. The van der Waals surface area contributed by atoms with Gasteiger partial charge in [0.05, 0.1) is 16.5 Å². The molecule has 1 heterocycles. The van der Waals surface area contributed by atoms with Crippen LogP contribution in [0.15, 0.2) is 29.3 Å². The van der Waals surface area contributed by atoms with Crippen LogP contribution in [0.4, 0.5) is 5.69 Å². The molecule has 0 aliphatic heterocycles. The lowest BCUT2D eigenvalue weighted by molar-refractivity contribution is 0.581. The molecule has 0 fully saturated rings. The second-order valence-electron chi connectivity index (χ2n) is 5.08. The molecule has 2 rings (SSSR count). The van der Waals surface area contributed by atoms with E-state index in [0.717, 1.165) is 15.8 Å². The van der Waals surface area contributed by atoms with E-state index in [1.807, 2.05) is 35.2 Å². The second-order valence-corrected chi connectivity index (χ2v) is 8.61. The molecule has 0 saturated carbocycles. The number of aromatic nitrogens is 1. The van der Waals surface area contributed by atoms with E-state index in [1.54, 1.807) is 25.6 Å². The molecule has 110 valence electrons. The van der Waals surface area contributed by atoms with E-state index >= 15 is 0 Å². The summed E-state index contributed by atoms with van der Waals surface area (Å²) in [6.45, 7) is 3.89. The fourth-order valence-corrected chi connectivity index (χ4v) is 3.68. The highest BCUT2D eigenvalue weighted by Gasteiger charge is 2.16. The first-order valence-corrected chi connectivity index (χ1v) is 9.43. The summed E-state index contributed by atoms with van der Waals surface area (Å²) in [5.41, 5.74) is 7.61. The fraction of sp³-hybridized carbons (Fsp3) is 0.429. The SMILES string of the molecule is CSc1cc(N)cc2c1ccn2CCS(=O)(=O)C(C)C. The van der Waals surface area contributed by atoms with E-state index in [2.05, 4.69) is 0 Å². The predicted molar refractivity (Wildman–Crippen MR) is 87.1 cm³/mol. The predicted octanol–water partition coefficient (Wildman–Crippen LogP) is 2.77. The molecule has 0 radical (unpaired) electrons. The highest BCUT2D eigenvalue weighted by atomic mass is 32.2. The number of nitrogens with zero attached hydrogens (tertiary/aromatic N) is 1. The summed E-state index contributed by atoms with van der Waals surface area (Å²) >= 11 is 1.64. The molecule has 2 aromatic rings. The minimum atomic E-state index is -3.03. The van der Waals surface area contributed by atoms with Crippen molar-refractivity contribution >= 4 is 38.2 Å². The minimum Gasteiger partial charge on any atom is -0.399 e. The molecule has 20 heavy (non-hydrogen) atoms. The van der Waals surface area contributed by atoms with Crippen LogP contribution in [0.3, 0.4) is 0 Å². The summed E-state index contributed by atoms with van der Waals surface area (Å²) < 4.78 is 25.8. The van der Waals surface area contributed by atoms with Crippen LogP contribution in [0.25, 0.3) is 10.9 Å². The van der Waals surface area contributed by atoms with E-state index in [9.17, 15) is 8.42 Å². The molecule has 6 heteroatoms. The maximum absolute atomic E-state index is 11.9. The average molecular weight is 312 g/mol. The van der Waals surface area contributed by atoms with Gasteiger partial charge < -0.3 is 10.3 Å². The summed E-state index contributed by atoms with van der Waals surface area (Å²) in [6, 6.07) is 5.86. The van der Waals surface area contributed by atoms with Crippen molar-refractivity contribution in [1.82, 2.24) is 4.57 Å². The lowest BCUT2D eigenvalue weighted by Crippen LogP contribution is -2.20. The summed E-state index contributed by atoms with van der Waals surface area (Å²) in [5.74, 6) is 0.151. The summed E-state index contributed by atoms with van der Waals surface area (Å²) in [4.78, 5) is 1.12. The Balaban J connectivity index is 2.35. The van der Waals surface area contributed by atoms with E-state index in [-0.39, 0.29) is 11.0 Å². The van der Waals surface area contributed by atoms with Crippen molar-refractivity contribution in [2.45, 2.75) is 30.5 Å². The van der Waals surface area contributed by atoms with Gasteiger partial charge in [-0.1, -0.05) is 0 Å². The van der Waals surface area contributed by atoms with Crippen molar-refractivity contribution in [2.24, 2.45) is 0 Å². The number of sulfone groups is 1. The third-order valence-electron chi connectivity index (χ3n) is 3.43. The molecule has 0 amide bonds. The van der Waals surface area contributed by atoms with Crippen molar-refractivity contribution in [3.63, 3.8) is 0 Å². The van der Waals surface area contributed by atoms with Gasteiger partial charge in [0.1, 0.15) is 0 Å². The number of anilines is 1. The van der Waals surface area contributed by atoms with Gasteiger partial charge in [0.15, 0.2) is 9.84 Å². The number of hydrogen-bond donors (Lipinski definition) is 1. The molecule has 0 aliphatic rings. The Labute approximate surface area is 124 Å². The maximum Gasteiger partial charge on any atom is 0.154 e. The molecule has 2 N–H and O–H groups in total. The fourth-order valence-electron chi connectivity index (χ4n) is 2.11. The highest BCUT2D eigenvalue weighted by molar-refractivity contribution is 7.98.